The van der Waals surface area contributed by atoms with Crippen molar-refractivity contribution in [1.29, 1.82) is 0 Å². The van der Waals surface area contributed by atoms with Crippen LogP contribution in [0.1, 0.15) is 13.8 Å². The molecule has 14 heteroatoms. The Bertz CT molecular complexity index is 1250. The largest absolute Gasteiger partial charge is 0.490 e. The number of rotatable bonds is 13. The van der Waals surface area contributed by atoms with Gasteiger partial charge in [0, 0.05) is 33.5 Å². The summed E-state index contributed by atoms with van der Waals surface area (Å²) in [4.78, 5) is 24.7. The average molecular weight is 639 g/mol. The van der Waals surface area contributed by atoms with E-state index < -0.39 is 34.0 Å². The molecule has 1 aliphatic heterocycles. The number of hydrogen-bond acceptors (Lipinski definition) is 10. The zero-order valence-corrected chi connectivity index (χ0v) is 25.0. The van der Waals surface area contributed by atoms with E-state index in [9.17, 15) is 18.0 Å². The Labute approximate surface area is 248 Å². The molecule has 220 valence electrons. The highest BCUT2D eigenvalue weighted by Gasteiger charge is 2.24. The number of morpholine rings is 1. The molecule has 0 radical (unpaired) electrons. The molecule has 0 saturated carbocycles. The third kappa shape index (κ3) is 9.39. The Hall–Kier alpha value is -2.28. The average Bonchev–Trinajstić information content (AvgIpc) is 2.90. The number of alkyl halides is 1. The standard InChI is InChI=1S/C26H30Cl3NO9S/c1-17(31)38-20(13-27)15-37-26-24(28)11-23(12-25(26)29)40(33,34)22-5-3-19(4-6-22)36-16-21(39-18(2)32)14-30-7-9-35-10-8-30/h3-6,11-12,20-21H,7-10,13-16H2,1-2H3/t20-,21-/m1/s1. The summed E-state index contributed by atoms with van der Waals surface area (Å²) in [7, 11) is -3.99. The van der Waals surface area contributed by atoms with Crippen molar-refractivity contribution in [3.8, 4) is 11.5 Å². The number of ether oxygens (including phenoxy) is 5. The summed E-state index contributed by atoms with van der Waals surface area (Å²) in [6, 6.07) is 8.25. The third-order valence-electron chi connectivity index (χ3n) is 5.67. The normalized spacial score (nSPS) is 15.6. The molecule has 0 spiro atoms. The smallest absolute Gasteiger partial charge is 0.303 e. The molecule has 10 nitrogen and oxygen atoms in total. The lowest BCUT2D eigenvalue weighted by Gasteiger charge is -2.30. The van der Waals surface area contributed by atoms with Crippen LogP contribution >= 0.6 is 34.8 Å². The second-order valence-corrected chi connectivity index (χ2v) is 11.9. The number of carbonyl (C=O) groups excluding carboxylic acids is 2. The summed E-state index contributed by atoms with van der Waals surface area (Å²) < 4.78 is 53.6. The van der Waals surface area contributed by atoms with Crippen LogP contribution in [-0.2, 0) is 33.6 Å². The molecule has 2 aromatic rings. The minimum Gasteiger partial charge on any atom is -0.490 e. The summed E-state index contributed by atoms with van der Waals surface area (Å²) in [5.41, 5.74) is 0. The van der Waals surface area contributed by atoms with Gasteiger partial charge < -0.3 is 23.7 Å². The Kier molecular flexibility index (Phi) is 12.2. The van der Waals surface area contributed by atoms with Gasteiger partial charge in [-0.2, -0.15) is 0 Å². The van der Waals surface area contributed by atoms with E-state index in [0.717, 1.165) is 13.1 Å². The lowest BCUT2D eigenvalue weighted by molar-refractivity contribution is -0.149. The fourth-order valence-corrected chi connectivity index (χ4v) is 6.01. The molecule has 0 N–H and O–H groups in total. The van der Waals surface area contributed by atoms with Crippen LogP contribution in [0.2, 0.25) is 10.0 Å². The molecule has 1 aliphatic rings. The van der Waals surface area contributed by atoms with Crippen molar-refractivity contribution in [3.05, 3.63) is 46.4 Å². The number of sulfone groups is 1. The first kappa shape index (κ1) is 32.2. The van der Waals surface area contributed by atoms with Crippen LogP contribution in [0.4, 0.5) is 0 Å². The first-order chi connectivity index (χ1) is 19.0. The van der Waals surface area contributed by atoms with Crippen molar-refractivity contribution in [1.82, 2.24) is 4.90 Å². The molecule has 3 rings (SSSR count). The first-order valence-electron chi connectivity index (χ1n) is 12.3. The maximum absolute atomic E-state index is 13.3. The molecule has 0 bridgehead atoms. The topological polar surface area (TPSA) is 118 Å². The van der Waals surface area contributed by atoms with Crippen LogP contribution in [0.25, 0.3) is 0 Å². The number of halogens is 3. The van der Waals surface area contributed by atoms with Crippen molar-refractivity contribution in [2.45, 2.75) is 35.8 Å². The van der Waals surface area contributed by atoms with E-state index >= 15 is 0 Å². The Morgan fingerprint density at radius 1 is 0.900 bits per heavy atom. The Morgan fingerprint density at radius 2 is 1.45 bits per heavy atom. The number of esters is 2. The molecule has 40 heavy (non-hydrogen) atoms. The minimum absolute atomic E-state index is 0.0115. The second kappa shape index (κ2) is 15.1. The van der Waals surface area contributed by atoms with Gasteiger partial charge in [0.2, 0.25) is 9.84 Å². The van der Waals surface area contributed by atoms with Gasteiger partial charge in [0.15, 0.2) is 5.75 Å². The molecule has 0 aliphatic carbocycles. The van der Waals surface area contributed by atoms with Crippen LogP contribution in [0, 0.1) is 0 Å². The predicted octanol–water partition coefficient (Wildman–Crippen LogP) is 4.02. The highest BCUT2D eigenvalue weighted by Crippen LogP contribution is 2.37. The van der Waals surface area contributed by atoms with Crippen molar-refractivity contribution in [2.75, 3.05) is 51.9 Å². The zero-order chi connectivity index (χ0) is 29.3. The summed E-state index contributed by atoms with van der Waals surface area (Å²) in [5, 5.41) is -0.0853. The van der Waals surface area contributed by atoms with Crippen LogP contribution in [0.15, 0.2) is 46.2 Å². The van der Waals surface area contributed by atoms with Gasteiger partial charge in [-0.05, 0) is 36.4 Å². The lowest BCUT2D eigenvalue weighted by Crippen LogP contribution is -2.43. The summed E-state index contributed by atoms with van der Waals surface area (Å²) >= 11 is 18.3. The molecule has 2 aromatic carbocycles. The quantitative estimate of drug-likeness (QED) is 0.235. The molecule has 1 fully saturated rings. The fourth-order valence-electron chi connectivity index (χ4n) is 3.82. The number of benzene rings is 2. The molecular weight excluding hydrogens is 609 g/mol. The molecule has 0 aromatic heterocycles. The lowest BCUT2D eigenvalue weighted by atomic mass is 10.3. The van der Waals surface area contributed by atoms with E-state index in [1.54, 1.807) is 0 Å². The third-order valence-corrected chi connectivity index (χ3v) is 8.32. The van der Waals surface area contributed by atoms with E-state index in [0.29, 0.717) is 25.5 Å². The van der Waals surface area contributed by atoms with Gasteiger partial charge in [-0.25, -0.2) is 8.42 Å². The van der Waals surface area contributed by atoms with Crippen molar-refractivity contribution in [3.63, 3.8) is 0 Å². The number of nitrogens with zero attached hydrogens (tertiary/aromatic N) is 1. The van der Waals surface area contributed by atoms with E-state index in [1.807, 2.05) is 0 Å². The highest BCUT2D eigenvalue weighted by atomic mass is 35.5. The maximum Gasteiger partial charge on any atom is 0.303 e. The summed E-state index contributed by atoms with van der Waals surface area (Å²) in [6.07, 6.45) is -1.24. The molecule has 0 unspecified atom stereocenters. The van der Waals surface area contributed by atoms with Crippen LogP contribution in [0.3, 0.4) is 0 Å². The number of carbonyl (C=O) groups is 2. The van der Waals surface area contributed by atoms with Gasteiger partial charge in [0.05, 0.1) is 38.9 Å². The van der Waals surface area contributed by atoms with Crippen LogP contribution in [0.5, 0.6) is 11.5 Å². The molecule has 1 heterocycles. The van der Waals surface area contributed by atoms with Gasteiger partial charge in [-0.3, -0.25) is 14.5 Å². The molecule has 1 saturated heterocycles. The van der Waals surface area contributed by atoms with E-state index in [4.69, 9.17) is 58.5 Å². The van der Waals surface area contributed by atoms with Gasteiger partial charge in [0.1, 0.15) is 31.2 Å². The van der Waals surface area contributed by atoms with Gasteiger partial charge >= 0.3 is 11.9 Å². The van der Waals surface area contributed by atoms with Gasteiger partial charge in [0.25, 0.3) is 0 Å². The van der Waals surface area contributed by atoms with E-state index in [1.165, 1.54) is 50.2 Å². The highest BCUT2D eigenvalue weighted by molar-refractivity contribution is 7.91. The molecule has 0 amide bonds. The van der Waals surface area contributed by atoms with Crippen molar-refractivity contribution >= 4 is 56.6 Å². The minimum atomic E-state index is -3.99. The summed E-state index contributed by atoms with van der Waals surface area (Å²) in [6.45, 7) is 5.72. The Morgan fingerprint density at radius 3 is 2.00 bits per heavy atom. The molecular formula is C26H30Cl3NO9S. The fraction of sp³-hybridized carbons (Fsp3) is 0.462. The van der Waals surface area contributed by atoms with Crippen LogP contribution < -0.4 is 9.47 Å². The SMILES string of the molecule is CC(=O)O[C@H](CCl)COc1c(Cl)cc(S(=O)(=O)c2ccc(OC[C@@H](CN3CCOCC3)OC(C)=O)cc2)cc1Cl. The van der Waals surface area contributed by atoms with Crippen molar-refractivity contribution in [2.24, 2.45) is 0 Å². The Balaban J connectivity index is 1.67. The van der Waals surface area contributed by atoms with Crippen LogP contribution in [-0.4, -0.2) is 89.4 Å². The van der Waals surface area contributed by atoms with Gasteiger partial charge in [-0.15, -0.1) is 11.6 Å². The predicted molar refractivity (Wildman–Crippen MR) is 148 cm³/mol. The second-order valence-electron chi connectivity index (χ2n) is 8.84. The molecule has 2 atom stereocenters. The zero-order valence-electron chi connectivity index (χ0n) is 21.9. The van der Waals surface area contributed by atoms with Crippen molar-refractivity contribution < 1.29 is 41.7 Å². The summed E-state index contributed by atoms with van der Waals surface area (Å²) in [5.74, 6) is -0.520. The first-order valence-corrected chi connectivity index (χ1v) is 15.1. The monoisotopic (exact) mass is 637 g/mol. The van der Waals surface area contributed by atoms with E-state index in [2.05, 4.69) is 4.90 Å². The van der Waals surface area contributed by atoms with E-state index in [-0.39, 0.29) is 44.7 Å². The maximum atomic E-state index is 13.3. The number of hydrogen-bond donors (Lipinski definition) is 0. The van der Waals surface area contributed by atoms with Gasteiger partial charge in [-0.1, -0.05) is 23.2 Å².